The Balaban J connectivity index is 2.00. The first-order chi connectivity index (χ1) is 11.2. The first-order valence-electron chi connectivity index (χ1n) is 6.60. The van der Waals surface area contributed by atoms with Crippen LogP contribution in [0.5, 0.6) is 11.5 Å². The van der Waals surface area contributed by atoms with Crippen LogP contribution in [-0.4, -0.2) is 17.7 Å². The van der Waals surface area contributed by atoms with Gasteiger partial charge >= 0.3 is 11.9 Å². The summed E-state index contributed by atoms with van der Waals surface area (Å²) in [5.41, 5.74) is 0.134. The van der Waals surface area contributed by atoms with Crippen molar-refractivity contribution < 1.29 is 32.0 Å². The SMILES string of the molecule is O=[N+]([O-])c1ccc(F)cc1OCc1ccc(OCC(F)(F)F)cc1. The van der Waals surface area contributed by atoms with Crippen LogP contribution in [0.2, 0.25) is 0 Å². The Labute approximate surface area is 133 Å². The maximum atomic E-state index is 13.2. The quantitative estimate of drug-likeness (QED) is 0.446. The van der Waals surface area contributed by atoms with Crippen molar-refractivity contribution in [3.8, 4) is 11.5 Å². The molecule has 5 nitrogen and oxygen atoms in total. The lowest BCUT2D eigenvalue weighted by molar-refractivity contribution is -0.386. The Hall–Kier alpha value is -2.84. The fourth-order valence-electron chi connectivity index (χ4n) is 1.76. The number of hydrogen-bond donors (Lipinski definition) is 0. The van der Waals surface area contributed by atoms with Crippen LogP contribution >= 0.6 is 0 Å². The fraction of sp³-hybridized carbons (Fsp3) is 0.200. The Kier molecular flexibility index (Phi) is 5.22. The highest BCUT2D eigenvalue weighted by Gasteiger charge is 2.28. The Morgan fingerprint density at radius 3 is 2.29 bits per heavy atom. The van der Waals surface area contributed by atoms with Gasteiger partial charge in [0.2, 0.25) is 0 Å². The van der Waals surface area contributed by atoms with Gasteiger partial charge in [0.25, 0.3) is 0 Å². The molecule has 0 amide bonds. The lowest BCUT2D eigenvalue weighted by atomic mass is 10.2. The van der Waals surface area contributed by atoms with Crippen LogP contribution in [0.4, 0.5) is 23.2 Å². The van der Waals surface area contributed by atoms with Gasteiger partial charge in [0, 0.05) is 12.1 Å². The highest BCUT2D eigenvalue weighted by atomic mass is 19.4. The van der Waals surface area contributed by atoms with Crippen molar-refractivity contribution in [2.45, 2.75) is 12.8 Å². The smallest absolute Gasteiger partial charge is 0.422 e. The maximum Gasteiger partial charge on any atom is 0.422 e. The molecule has 0 bridgehead atoms. The molecule has 0 radical (unpaired) electrons. The van der Waals surface area contributed by atoms with E-state index in [0.717, 1.165) is 18.2 Å². The second-order valence-corrected chi connectivity index (χ2v) is 4.71. The number of hydrogen-bond acceptors (Lipinski definition) is 4. The molecule has 9 heteroatoms. The van der Waals surface area contributed by atoms with E-state index >= 15 is 0 Å². The average molecular weight is 345 g/mol. The second kappa shape index (κ2) is 7.16. The molecule has 2 aromatic carbocycles. The third kappa shape index (κ3) is 5.11. The minimum Gasteiger partial charge on any atom is -0.484 e. The molecule has 128 valence electrons. The van der Waals surface area contributed by atoms with E-state index in [2.05, 4.69) is 4.74 Å². The highest BCUT2D eigenvalue weighted by molar-refractivity contribution is 5.46. The second-order valence-electron chi connectivity index (χ2n) is 4.71. The molecule has 0 N–H and O–H groups in total. The molecular formula is C15H11F4NO4. The molecule has 0 aliphatic rings. The molecule has 0 heterocycles. The number of nitro groups is 1. The molecule has 0 spiro atoms. The van der Waals surface area contributed by atoms with E-state index in [-0.39, 0.29) is 23.8 Å². The van der Waals surface area contributed by atoms with Gasteiger partial charge in [-0.3, -0.25) is 10.1 Å². The summed E-state index contributed by atoms with van der Waals surface area (Å²) in [5, 5.41) is 10.8. The van der Waals surface area contributed by atoms with Crippen LogP contribution in [-0.2, 0) is 6.61 Å². The number of benzene rings is 2. The molecule has 24 heavy (non-hydrogen) atoms. The molecule has 0 fully saturated rings. The number of halogens is 4. The summed E-state index contributed by atoms with van der Waals surface area (Å²) >= 11 is 0. The van der Waals surface area contributed by atoms with Crippen molar-refractivity contribution >= 4 is 5.69 Å². The summed E-state index contributed by atoms with van der Waals surface area (Å²) in [4.78, 5) is 10.1. The lowest BCUT2D eigenvalue weighted by Crippen LogP contribution is -2.19. The Morgan fingerprint density at radius 1 is 1.04 bits per heavy atom. The molecule has 0 saturated heterocycles. The van der Waals surface area contributed by atoms with Crippen molar-refractivity contribution in [2.24, 2.45) is 0 Å². The summed E-state index contributed by atoms with van der Waals surface area (Å²) in [7, 11) is 0. The molecular weight excluding hydrogens is 334 g/mol. The van der Waals surface area contributed by atoms with Gasteiger partial charge in [-0.15, -0.1) is 0 Å². The largest absolute Gasteiger partial charge is 0.484 e. The van der Waals surface area contributed by atoms with Crippen LogP contribution < -0.4 is 9.47 Å². The summed E-state index contributed by atoms with van der Waals surface area (Å²) in [6, 6.07) is 8.32. The minimum atomic E-state index is -4.43. The van der Waals surface area contributed by atoms with E-state index in [0.29, 0.717) is 5.56 Å². The molecule has 0 aliphatic carbocycles. The number of rotatable bonds is 6. The molecule has 0 saturated carbocycles. The third-order valence-electron chi connectivity index (χ3n) is 2.84. The summed E-state index contributed by atoms with van der Waals surface area (Å²) in [6.45, 7) is -1.53. The lowest BCUT2D eigenvalue weighted by Gasteiger charge is -2.10. The zero-order chi connectivity index (χ0) is 17.7. The van der Waals surface area contributed by atoms with Gasteiger partial charge in [0.1, 0.15) is 18.2 Å². The van der Waals surface area contributed by atoms with E-state index in [1.165, 1.54) is 24.3 Å². The van der Waals surface area contributed by atoms with Crippen LogP contribution in [0.3, 0.4) is 0 Å². The first-order valence-corrected chi connectivity index (χ1v) is 6.60. The van der Waals surface area contributed by atoms with Gasteiger partial charge in [-0.05, 0) is 23.8 Å². The van der Waals surface area contributed by atoms with Crippen molar-refractivity contribution in [3.63, 3.8) is 0 Å². The van der Waals surface area contributed by atoms with Gasteiger partial charge in [-0.2, -0.15) is 13.2 Å². The topological polar surface area (TPSA) is 61.6 Å². The van der Waals surface area contributed by atoms with Crippen molar-refractivity contribution in [1.29, 1.82) is 0 Å². The van der Waals surface area contributed by atoms with Crippen LogP contribution in [0.1, 0.15) is 5.56 Å². The van der Waals surface area contributed by atoms with Crippen LogP contribution in [0.15, 0.2) is 42.5 Å². The van der Waals surface area contributed by atoms with Gasteiger partial charge < -0.3 is 9.47 Å². The molecule has 0 aromatic heterocycles. The predicted octanol–water partition coefficient (Wildman–Crippen LogP) is 4.25. The molecule has 0 aliphatic heterocycles. The van der Waals surface area contributed by atoms with Gasteiger partial charge in [0.05, 0.1) is 4.92 Å². The van der Waals surface area contributed by atoms with E-state index in [9.17, 15) is 27.7 Å². The third-order valence-corrected chi connectivity index (χ3v) is 2.84. The van der Waals surface area contributed by atoms with Crippen LogP contribution in [0.25, 0.3) is 0 Å². The van der Waals surface area contributed by atoms with Gasteiger partial charge in [0.15, 0.2) is 12.4 Å². The standard InChI is InChI=1S/C15H11F4NO4/c16-11-3-6-13(20(21)22)14(7-11)23-8-10-1-4-12(5-2-10)24-9-15(17,18)19/h1-7H,8-9H2. The average Bonchev–Trinajstić information content (AvgIpc) is 2.51. The molecule has 2 rings (SSSR count). The normalized spacial score (nSPS) is 11.2. The van der Waals surface area contributed by atoms with E-state index in [4.69, 9.17) is 4.74 Å². The van der Waals surface area contributed by atoms with Gasteiger partial charge in [-0.25, -0.2) is 4.39 Å². The highest BCUT2D eigenvalue weighted by Crippen LogP contribution is 2.28. The van der Waals surface area contributed by atoms with Crippen molar-refractivity contribution in [2.75, 3.05) is 6.61 Å². The monoisotopic (exact) mass is 345 g/mol. The van der Waals surface area contributed by atoms with E-state index in [1.54, 1.807) is 0 Å². The number of alkyl halides is 3. The van der Waals surface area contributed by atoms with Gasteiger partial charge in [-0.1, -0.05) is 12.1 Å². The minimum absolute atomic E-state index is 0.0211. The zero-order valence-corrected chi connectivity index (χ0v) is 12.0. The number of nitro benzene ring substituents is 1. The zero-order valence-electron chi connectivity index (χ0n) is 12.0. The first kappa shape index (κ1) is 17.5. The van der Waals surface area contributed by atoms with E-state index < -0.39 is 23.5 Å². The Morgan fingerprint density at radius 2 is 1.71 bits per heavy atom. The fourth-order valence-corrected chi connectivity index (χ4v) is 1.76. The summed E-state index contributed by atoms with van der Waals surface area (Å²) in [5.74, 6) is -0.906. The summed E-state index contributed by atoms with van der Waals surface area (Å²) in [6.07, 6.45) is -4.43. The number of nitrogens with zero attached hydrogens (tertiary/aromatic N) is 1. The molecule has 2 aromatic rings. The predicted molar refractivity (Wildman–Crippen MR) is 75.4 cm³/mol. The van der Waals surface area contributed by atoms with E-state index in [1.807, 2.05) is 0 Å². The van der Waals surface area contributed by atoms with Crippen molar-refractivity contribution in [1.82, 2.24) is 0 Å². The molecule has 0 unspecified atom stereocenters. The Bertz CT molecular complexity index is 716. The molecule has 0 atom stereocenters. The van der Waals surface area contributed by atoms with Crippen LogP contribution in [0, 0.1) is 15.9 Å². The summed E-state index contributed by atoms with van der Waals surface area (Å²) < 4.78 is 59.0. The number of ether oxygens (including phenoxy) is 2. The maximum absolute atomic E-state index is 13.2. The van der Waals surface area contributed by atoms with Crippen molar-refractivity contribution in [3.05, 3.63) is 64.0 Å².